The number of para-hydroxylation sites is 2. The number of benzene rings is 1. The Balaban J connectivity index is 2.55. The summed E-state index contributed by atoms with van der Waals surface area (Å²) in [4.78, 5) is 11.0. The lowest BCUT2D eigenvalue weighted by Crippen LogP contribution is -2.42. The minimum absolute atomic E-state index is 0.235. The van der Waals surface area contributed by atoms with Crippen molar-refractivity contribution >= 4 is 23.0 Å². The average Bonchev–Trinajstić information content (AvgIpc) is 2.30. The first-order valence-electron chi connectivity index (χ1n) is 5.65. The lowest BCUT2D eigenvalue weighted by Gasteiger charge is -2.15. The third-order valence-electron chi connectivity index (χ3n) is 2.03. The highest BCUT2D eigenvalue weighted by Gasteiger charge is 2.00. The molecule has 7 nitrogen and oxygen atoms in total. The topological polar surface area (TPSA) is 115 Å². The fraction of sp³-hybridized carbons (Fsp3) is 0.167. The smallest absolute Gasteiger partial charge is 0.222 e. The van der Waals surface area contributed by atoms with Crippen molar-refractivity contribution in [3.8, 4) is 0 Å². The van der Waals surface area contributed by atoms with E-state index in [1.807, 2.05) is 12.1 Å². The van der Waals surface area contributed by atoms with Gasteiger partial charge in [-0.05, 0) is 19.1 Å². The molecule has 0 atom stereocenters. The molecule has 1 rings (SSSR count). The van der Waals surface area contributed by atoms with E-state index in [9.17, 15) is 4.79 Å². The third-order valence-corrected chi connectivity index (χ3v) is 2.03. The van der Waals surface area contributed by atoms with Crippen molar-refractivity contribution in [3.63, 3.8) is 0 Å². The molecule has 0 aromatic heterocycles. The van der Waals surface area contributed by atoms with E-state index in [1.165, 1.54) is 13.0 Å². The number of hydrogen-bond donors (Lipinski definition) is 6. The second kappa shape index (κ2) is 7.02. The summed E-state index contributed by atoms with van der Waals surface area (Å²) in [6.45, 7) is 2.99. The van der Waals surface area contributed by atoms with Gasteiger partial charge in [0.25, 0.3) is 0 Å². The maximum atomic E-state index is 11.0. The molecule has 0 spiro atoms. The molecule has 0 fully saturated rings. The Kier molecular flexibility index (Phi) is 5.36. The van der Waals surface area contributed by atoms with Gasteiger partial charge in [-0.25, -0.2) is 0 Å². The largest absolute Gasteiger partial charge is 0.397 e. The summed E-state index contributed by atoms with van der Waals surface area (Å²) in [6, 6.07) is 7.23. The Hall–Kier alpha value is -2.54. The van der Waals surface area contributed by atoms with Gasteiger partial charge in [0.1, 0.15) is 5.82 Å². The van der Waals surface area contributed by atoms with Crippen LogP contribution in [0, 0.1) is 5.41 Å². The van der Waals surface area contributed by atoms with Crippen molar-refractivity contribution in [2.75, 3.05) is 11.2 Å². The maximum absolute atomic E-state index is 11.0. The number of amides is 1. The molecule has 0 aliphatic heterocycles. The first-order chi connectivity index (χ1) is 8.99. The van der Waals surface area contributed by atoms with Gasteiger partial charge >= 0.3 is 0 Å². The van der Waals surface area contributed by atoms with Gasteiger partial charge in [-0.1, -0.05) is 12.1 Å². The van der Waals surface area contributed by atoms with Gasteiger partial charge in [0.2, 0.25) is 5.91 Å². The van der Waals surface area contributed by atoms with Crippen LogP contribution in [0.15, 0.2) is 36.2 Å². The number of carbonyl (C=O) groups is 1. The van der Waals surface area contributed by atoms with Crippen molar-refractivity contribution in [2.45, 2.75) is 13.8 Å². The molecule has 0 radical (unpaired) electrons. The summed E-state index contributed by atoms with van der Waals surface area (Å²) in [5, 5.41) is 9.92. The number of allylic oxidation sites excluding steroid dienone is 1. The SMILES string of the molecule is CC(=N)/C=C(\NNNc1ccccc1N)NC(C)=O. The predicted molar refractivity (Wildman–Crippen MR) is 76.0 cm³/mol. The van der Waals surface area contributed by atoms with Crippen LogP contribution in [0.2, 0.25) is 0 Å². The Bertz CT molecular complexity index is 497. The van der Waals surface area contributed by atoms with E-state index in [2.05, 4.69) is 21.7 Å². The summed E-state index contributed by atoms with van der Waals surface area (Å²) < 4.78 is 0. The summed E-state index contributed by atoms with van der Waals surface area (Å²) in [7, 11) is 0. The number of hydrogen-bond acceptors (Lipinski definition) is 6. The molecule has 1 amide bonds. The van der Waals surface area contributed by atoms with E-state index in [4.69, 9.17) is 11.1 Å². The van der Waals surface area contributed by atoms with Crippen LogP contribution in [0.5, 0.6) is 0 Å². The second-order valence-corrected chi connectivity index (χ2v) is 3.88. The number of carbonyl (C=O) groups excluding carboxylic acids is 1. The van der Waals surface area contributed by atoms with Gasteiger partial charge in [0.05, 0.1) is 11.4 Å². The van der Waals surface area contributed by atoms with E-state index in [1.54, 1.807) is 19.1 Å². The molecule has 0 saturated heterocycles. The van der Waals surface area contributed by atoms with Crippen molar-refractivity contribution < 1.29 is 4.79 Å². The minimum atomic E-state index is -0.235. The van der Waals surface area contributed by atoms with E-state index in [0.717, 1.165) is 0 Å². The zero-order valence-corrected chi connectivity index (χ0v) is 10.9. The Morgan fingerprint density at radius 1 is 1.32 bits per heavy atom. The standard InChI is InChI=1S/C12H18N6O/c1-8(13)7-12(15-9(2)19)17-18-16-11-6-4-3-5-10(11)14/h3-7,13,16-18H,14H2,1-2H3,(H,15,19)/b12-7-,13-8?. The molecule has 19 heavy (non-hydrogen) atoms. The number of rotatable bonds is 6. The highest BCUT2D eigenvalue weighted by molar-refractivity contribution is 5.91. The quantitative estimate of drug-likeness (QED) is 0.256. The van der Waals surface area contributed by atoms with Crippen LogP contribution < -0.4 is 27.4 Å². The van der Waals surface area contributed by atoms with Crippen LogP contribution in [0.3, 0.4) is 0 Å². The van der Waals surface area contributed by atoms with Crippen LogP contribution in [0.4, 0.5) is 11.4 Å². The highest BCUT2D eigenvalue weighted by Crippen LogP contribution is 2.14. The zero-order valence-electron chi connectivity index (χ0n) is 10.9. The molecule has 0 unspecified atom stereocenters. The molecule has 1 aromatic carbocycles. The molecule has 0 heterocycles. The number of nitrogens with one attached hydrogen (secondary N) is 5. The van der Waals surface area contributed by atoms with Gasteiger partial charge < -0.3 is 21.9 Å². The number of nitrogens with two attached hydrogens (primary N) is 1. The number of hydrazine groups is 2. The second-order valence-electron chi connectivity index (χ2n) is 3.88. The Labute approximate surface area is 111 Å². The summed E-state index contributed by atoms with van der Waals surface area (Å²) in [5.41, 5.74) is 15.6. The van der Waals surface area contributed by atoms with Crippen LogP contribution in [-0.4, -0.2) is 11.6 Å². The first kappa shape index (κ1) is 14.5. The molecule has 0 saturated carbocycles. The lowest BCUT2D eigenvalue weighted by molar-refractivity contribution is -0.118. The lowest BCUT2D eigenvalue weighted by atomic mass is 10.3. The van der Waals surface area contributed by atoms with Gasteiger partial charge in [-0.2, -0.15) is 0 Å². The van der Waals surface area contributed by atoms with Crippen molar-refractivity contribution in [1.29, 1.82) is 5.41 Å². The fourth-order valence-corrected chi connectivity index (χ4v) is 1.29. The Morgan fingerprint density at radius 3 is 2.58 bits per heavy atom. The van der Waals surface area contributed by atoms with Crippen LogP contribution >= 0.6 is 0 Å². The minimum Gasteiger partial charge on any atom is -0.397 e. The van der Waals surface area contributed by atoms with Gasteiger partial charge in [-0.15, -0.1) is 5.53 Å². The molecule has 0 aliphatic carbocycles. The summed E-state index contributed by atoms with van der Waals surface area (Å²) in [6.07, 6.45) is 1.48. The molecule has 0 aliphatic rings. The van der Waals surface area contributed by atoms with E-state index in [0.29, 0.717) is 22.9 Å². The predicted octanol–water partition coefficient (Wildman–Crippen LogP) is 0.707. The Morgan fingerprint density at radius 2 is 2.00 bits per heavy atom. The monoisotopic (exact) mass is 262 g/mol. The molecule has 7 heteroatoms. The van der Waals surface area contributed by atoms with Crippen molar-refractivity contribution in [2.24, 2.45) is 0 Å². The molecule has 1 aromatic rings. The van der Waals surface area contributed by atoms with Crippen LogP contribution in [-0.2, 0) is 4.79 Å². The average molecular weight is 262 g/mol. The molecule has 7 N–H and O–H groups in total. The zero-order chi connectivity index (χ0) is 14.3. The summed E-state index contributed by atoms with van der Waals surface area (Å²) in [5.74, 6) is 0.128. The fourth-order valence-electron chi connectivity index (χ4n) is 1.29. The van der Waals surface area contributed by atoms with Crippen LogP contribution in [0.25, 0.3) is 0 Å². The van der Waals surface area contributed by atoms with E-state index >= 15 is 0 Å². The molecule has 102 valence electrons. The van der Waals surface area contributed by atoms with Crippen molar-refractivity contribution in [1.82, 2.24) is 16.3 Å². The molecule has 0 bridgehead atoms. The van der Waals surface area contributed by atoms with E-state index < -0.39 is 0 Å². The third kappa shape index (κ3) is 5.55. The number of anilines is 2. The normalized spacial score (nSPS) is 10.7. The summed E-state index contributed by atoms with van der Waals surface area (Å²) >= 11 is 0. The highest BCUT2D eigenvalue weighted by atomic mass is 16.1. The maximum Gasteiger partial charge on any atom is 0.222 e. The number of nitrogen functional groups attached to an aromatic ring is 1. The van der Waals surface area contributed by atoms with Crippen molar-refractivity contribution in [3.05, 3.63) is 36.2 Å². The van der Waals surface area contributed by atoms with E-state index in [-0.39, 0.29) is 5.91 Å². The van der Waals surface area contributed by atoms with Gasteiger partial charge in [-0.3, -0.25) is 10.2 Å². The molecular formula is C12H18N6O. The first-order valence-corrected chi connectivity index (χ1v) is 5.65. The van der Waals surface area contributed by atoms with Gasteiger partial charge in [0.15, 0.2) is 0 Å². The van der Waals surface area contributed by atoms with Gasteiger partial charge in [0, 0.05) is 18.7 Å². The molecular weight excluding hydrogens is 244 g/mol. The van der Waals surface area contributed by atoms with Crippen LogP contribution in [0.1, 0.15) is 13.8 Å².